The van der Waals surface area contributed by atoms with Gasteiger partial charge in [-0.25, -0.2) is 14.2 Å². The quantitative estimate of drug-likeness (QED) is 0.822. The van der Waals surface area contributed by atoms with E-state index < -0.39 is 5.69 Å². The molecule has 8 heteroatoms. The molecule has 0 radical (unpaired) electrons. The lowest BCUT2D eigenvalue weighted by Gasteiger charge is -2.38. The van der Waals surface area contributed by atoms with Crippen molar-refractivity contribution in [1.29, 1.82) is 0 Å². The van der Waals surface area contributed by atoms with E-state index in [9.17, 15) is 14.4 Å². The number of fused-ring (bicyclic) bond motifs is 1. The molecule has 1 atom stereocenters. The second kappa shape index (κ2) is 7.53. The molecule has 0 unspecified atom stereocenters. The average Bonchev–Trinajstić information content (AvgIpc) is 2.73. The third-order valence-corrected chi connectivity index (χ3v) is 5.79. The van der Waals surface area contributed by atoms with Crippen molar-refractivity contribution in [2.24, 2.45) is 5.92 Å². The van der Waals surface area contributed by atoms with Gasteiger partial charge in [0.05, 0.1) is 18.4 Å². The third-order valence-electron chi connectivity index (χ3n) is 5.79. The van der Waals surface area contributed by atoms with Crippen LogP contribution in [0.1, 0.15) is 24.8 Å². The van der Waals surface area contributed by atoms with E-state index in [0.717, 1.165) is 19.3 Å². The Morgan fingerprint density at radius 2 is 1.82 bits per heavy atom. The van der Waals surface area contributed by atoms with Gasteiger partial charge in [0.15, 0.2) is 0 Å². The fourth-order valence-corrected chi connectivity index (χ4v) is 4.26. The average molecular weight is 384 g/mol. The van der Waals surface area contributed by atoms with Crippen molar-refractivity contribution in [3.05, 3.63) is 56.7 Å². The number of H-pyrrole nitrogens is 1. The Morgan fingerprint density at radius 1 is 1.11 bits per heavy atom. The zero-order chi connectivity index (χ0) is 19.7. The maximum absolute atomic E-state index is 12.9. The Kier molecular flexibility index (Phi) is 4.93. The molecular formula is C20H24N4O4. The van der Waals surface area contributed by atoms with Crippen molar-refractivity contribution in [1.82, 2.24) is 14.5 Å². The third kappa shape index (κ3) is 3.30. The molecule has 1 amide bonds. The van der Waals surface area contributed by atoms with Crippen molar-refractivity contribution in [3.63, 3.8) is 0 Å². The number of rotatable bonds is 2. The molecule has 8 nitrogen and oxygen atoms in total. The molecular weight excluding hydrogens is 360 g/mol. The van der Waals surface area contributed by atoms with E-state index in [-0.39, 0.29) is 17.7 Å². The normalized spacial score (nSPS) is 19.6. The Morgan fingerprint density at radius 3 is 2.50 bits per heavy atom. The number of amides is 1. The van der Waals surface area contributed by atoms with E-state index in [2.05, 4.69) is 10.3 Å². The molecule has 3 heterocycles. The summed E-state index contributed by atoms with van der Waals surface area (Å²) in [4.78, 5) is 41.7. The summed E-state index contributed by atoms with van der Waals surface area (Å²) < 4.78 is 5.98. The molecule has 1 saturated heterocycles. The summed E-state index contributed by atoms with van der Waals surface area (Å²) in [6, 6.07) is 9.12. The van der Waals surface area contributed by atoms with E-state index >= 15 is 0 Å². The zero-order valence-electron chi connectivity index (χ0n) is 15.8. The molecule has 0 spiro atoms. The number of carbonyl (C=O) groups excluding carboxylic acids is 1. The summed E-state index contributed by atoms with van der Waals surface area (Å²) >= 11 is 0. The summed E-state index contributed by atoms with van der Waals surface area (Å²) in [5.74, 6) is 0.919. The number of carbonyl (C=O) groups is 1. The van der Waals surface area contributed by atoms with Crippen molar-refractivity contribution in [2.75, 3.05) is 25.5 Å². The second-order valence-electron chi connectivity index (χ2n) is 7.34. The number of para-hydroxylation sites is 1. The highest BCUT2D eigenvalue weighted by Gasteiger charge is 2.32. The molecule has 2 aromatic rings. The number of likely N-dealkylation sites (tertiary alicyclic amines) is 1. The minimum atomic E-state index is -0.441. The van der Waals surface area contributed by atoms with Gasteiger partial charge in [0.1, 0.15) is 5.82 Å². The number of hydrogen-bond acceptors (Lipinski definition) is 5. The first kappa shape index (κ1) is 18.3. The highest BCUT2D eigenvalue weighted by molar-refractivity contribution is 5.67. The first-order chi connectivity index (χ1) is 13.6. The molecule has 148 valence electrons. The predicted octanol–water partition coefficient (Wildman–Crippen LogP) is 1.73. The number of aromatic amines is 1. The summed E-state index contributed by atoms with van der Waals surface area (Å²) in [5.41, 5.74) is 0.473. The molecule has 1 aromatic carbocycles. The Labute approximate surface area is 162 Å². The maximum Gasteiger partial charge on any atom is 0.409 e. The molecule has 1 aromatic heterocycles. The van der Waals surface area contributed by atoms with Crippen molar-refractivity contribution in [3.8, 4) is 5.69 Å². The number of benzene rings is 1. The molecule has 2 N–H and O–H groups in total. The molecule has 0 saturated carbocycles. The standard InChI is InChI=1S/C20H24N4O4/c1-28-20(27)23-11-9-13(10-12-23)16-8-7-15-17(21-16)22-19(26)24(18(15)25)14-5-3-2-4-6-14/h2-6,13,16,21H,7-12H2,1H3,(H,22,26)/t16-/m0/s1. The second-order valence-corrected chi connectivity index (χ2v) is 7.34. The van der Waals surface area contributed by atoms with E-state index in [1.807, 2.05) is 6.07 Å². The van der Waals surface area contributed by atoms with Gasteiger partial charge in [-0.15, -0.1) is 0 Å². The Balaban J connectivity index is 1.53. The molecule has 0 aliphatic carbocycles. The molecule has 28 heavy (non-hydrogen) atoms. The van der Waals surface area contributed by atoms with E-state index in [4.69, 9.17) is 4.74 Å². The van der Waals surface area contributed by atoms with Gasteiger partial charge < -0.3 is 15.0 Å². The number of piperidine rings is 1. The zero-order valence-corrected chi connectivity index (χ0v) is 15.8. The van der Waals surface area contributed by atoms with Gasteiger partial charge in [0.2, 0.25) is 0 Å². The maximum atomic E-state index is 12.9. The number of ether oxygens (including phenoxy) is 1. The van der Waals surface area contributed by atoms with Crippen LogP contribution in [0.3, 0.4) is 0 Å². The van der Waals surface area contributed by atoms with E-state index in [1.54, 1.807) is 29.2 Å². The molecule has 1 fully saturated rings. The van der Waals surface area contributed by atoms with Crippen LogP contribution in [0, 0.1) is 5.92 Å². The fourth-order valence-electron chi connectivity index (χ4n) is 4.26. The summed E-state index contributed by atoms with van der Waals surface area (Å²) in [5, 5.41) is 3.38. The topological polar surface area (TPSA) is 96.4 Å². The lowest BCUT2D eigenvalue weighted by Crippen LogP contribution is -2.46. The number of methoxy groups -OCH3 is 1. The lowest BCUT2D eigenvalue weighted by molar-refractivity contribution is 0.103. The molecule has 4 rings (SSSR count). The lowest BCUT2D eigenvalue weighted by atomic mass is 9.84. The summed E-state index contributed by atoms with van der Waals surface area (Å²) in [6.45, 7) is 1.32. The number of nitrogens with zero attached hydrogens (tertiary/aromatic N) is 2. The van der Waals surface area contributed by atoms with Crippen LogP contribution in [0.25, 0.3) is 5.69 Å². The van der Waals surface area contributed by atoms with Crippen LogP contribution >= 0.6 is 0 Å². The summed E-state index contributed by atoms with van der Waals surface area (Å²) in [7, 11) is 1.40. The van der Waals surface area contributed by atoms with Gasteiger partial charge in [0, 0.05) is 19.1 Å². The van der Waals surface area contributed by atoms with E-state index in [0.29, 0.717) is 42.5 Å². The number of hydrogen-bond donors (Lipinski definition) is 2. The van der Waals surface area contributed by atoms with Gasteiger partial charge in [-0.05, 0) is 43.7 Å². The largest absolute Gasteiger partial charge is 0.453 e. The molecule has 2 aliphatic heterocycles. The predicted molar refractivity (Wildman–Crippen MR) is 105 cm³/mol. The summed E-state index contributed by atoms with van der Waals surface area (Å²) in [6.07, 6.45) is 2.89. The van der Waals surface area contributed by atoms with Crippen LogP contribution in [0.5, 0.6) is 0 Å². The van der Waals surface area contributed by atoms with Crippen LogP contribution in [-0.4, -0.2) is 46.8 Å². The Bertz CT molecular complexity index is 974. The van der Waals surface area contributed by atoms with Crippen molar-refractivity contribution >= 4 is 11.9 Å². The van der Waals surface area contributed by atoms with Crippen LogP contribution in [-0.2, 0) is 11.2 Å². The number of anilines is 1. The highest BCUT2D eigenvalue weighted by atomic mass is 16.5. The van der Waals surface area contributed by atoms with Gasteiger partial charge >= 0.3 is 11.8 Å². The Hall–Kier alpha value is -3.03. The fraction of sp³-hybridized carbons (Fsp3) is 0.450. The first-order valence-corrected chi connectivity index (χ1v) is 9.61. The highest BCUT2D eigenvalue weighted by Crippen LogP contribution is 2.29. The van der Waals surface area contributed by atoms with E-state index in [1.165, 1.54) is 11.7 Å². The van der Waals surface area contributed by atoms with Crippen LogP contribution in [0.4, 0.5) is 10.6 Å². The van der Waals surface area contributed by atoms with Crippen LogP contribution in [0.2, 0.25) is 0 Å². The smallest absolute Gasteiger partial charge is 0.409 e. The number of aromatic nitrogens is 2. The minimum Gasteiger partial charge on any atom is -0.453 e. The van der Waals surface area contributed by atoms with Crippen LogP contribution < -0.4 is 16.6 Å². The SMILES string of the molecule is COC(=O)N1CCC([C@@H]2CCc3c([nH]c(=O)n(-c4ccccc4)c3=O)N2)CC1. The monoisotopic (exact) mass is 384 g/mol. The molecule has 0 bridgehead atoms. The first-order valence-electron chi connectivity index (χ1n) is 9.61. The van der Waals surface area contributed by atoms with Crippen LogP contribution in [0.15, 0.2) is 39.9 Å². The minimum absolute atomic E-state index is 0.176. The van der Waals surface area contributed by atoms with Gasteiger partial charge in [0.25, 0.3) is 5.56 Å². The number of nitrogens with one attached hydrogen (secondary N) is 2. The van der Waals surface area contributed by atoms with Gasteiger partial charge in [-0.2, -0.15) is 0 Å². The van der Waals surface area contributed by atoms with Gasteiger partial charge in [-0.3, -0.25) is 9.78 Å². The molecule has 2 aliphatic rings. The van der Waals surface area contributed by atoms with Crippen molar-refractivity contribution in [2.45, 2.75) is 31.7 Å². The van der Waals surface area contributed by atoms with Gasteiger partial charge in [-0.1, -0.05) is 18.2 Å². The van der Waals surface area contributed by atoms with Crippen molar-refractivity contribution < 1.29 is 9.53 Å².